The molecule has 2 aromatic rings. The fourth-order valence-electron chi connectivity index (χ4n) is 3.11. The molecular formula is C18H20N3+. The van der Waals surface area contributed by atoms with Crippen molar-refractivity contribution in [1.82, 2.24) is 0 Å². The Hall–Kier alpha value is -2.34. The molecule has 0 unspecified atom stereocenters. The second-order valence-electron chi connectivity index (χ2n) is 5.62. The molecule has 0 saturated heterocycles. The first-order chi connectivity index (χ1) is 10.3. The Kier molecular flexibility index (Phi) is 3.87. The maximum Gasteiger partial charge on any atom is 0.291 e. The Labute approximate surface area is 125 Å². The zero-order valence-electron chi connectivity index (χ0n) is 12.4. The normalized spacial score (nSPS) is 13.3. The van der Waals surface area contributed by atoms with Crippen molar-refractivity contribution in [3.05, 3.63) is 58.3 Å². The van der Waals surface area contributed by atoms with Gasteiger partial charge in [0.1, 0.15) is 23.9 Å². The molecule has 0 fully saturated rings. The van der Waals surface area contributed by atoms with E-state index in [1.807, 2.05) is 18.2 Å². The first-order valence-corrected chi connectivity index (χ1v) is 7.55. The lowest BCUT2D eigenvalue weighted by Crippen LogP contribution is -2.24. The van der Waals surface area contributed by atoms with Gasteiger partial charge in [-0.3, -0.25) is 5.32 Å². The number of pyridine rings is 1. The van der Waals surface area contributed by atoms with E-state index in [1.54, 1.807) is 0 Å². The average molecular weight is 278 g/mol. The number of nitriles is 1. The summed E-state index contributed by atoms with van der Waals surface area (Å²) in [7, 11) is 0. The maximum absolute atomic E-state index is 9.55. The third-order valence-electron chi connectivity index (χ3n) is 4.21. The predicted molar refractivity (Wildman–Crippen MR) is 82.9 cm³/mol. The van der Waals surface area contributed by atoms with Crippen LogP contribution in [-0.4, -0.2) is 0 Å². The molecule has 21 heavy (non-hydrogen) atoms. The molecule has 0 radical (unpaired) electrons. The van der Waals surface area contributed by atoms with Crippen LogP contribution in [0, 0.1) is 18.3 Å². The summed E-state index contributed by atoms with van der Waals surface area (Å²) in [6.07, 6.45) is 4.52. The quantitative estimate of drug-likeness (QED) is 0.937. The molecule has 3 rings (SSSR count). The van der Waals surface area contributed by atoms with E-state index >= 15 is 0 Å². The highest BCUT2D eigenvalue weighted by molar-refractivity contribution is 5.56. The molecule has 2 N–H and O–H groups in total. The number of nitrogens with one attached hydrogen (secondary N) is 2. The minimum atomic E-state index is 0.726. The lowest BCUT2D eigenvalue weighted by Gasteiger charge is -2.18. The summed E-state index contributed by atoms with van der Waals surface area (Å²) < 4.78 is 0. The first-order valence-electron chi connectivity index (χ1n) is 7.55. The summed E-state index contributed by atoms with van der Waals surface area (Å²) in [5.74, 6) is 0.861. The standard InChI is InChI=1S/C18H19N3/c1-13-15-9-5-6-10-16(15)17(11-19)18(21-13)20-12-14-7-3-2-4-8-14/h2-4,7-8H,5-6,9-10,12H2,1H3,(H,20,21)/p+1. The van der Waals surface area contributed by atoms with E-state index in [4.69, 9.17) is 0 Å². The third kappa shape index (κ3) is 2.75. The van der Waals surface area contributed by atoms with Gasteiger partial charge in [0.05, 0.1) is 0 Å². The molecule has 0 aliphatic heterocycles. The van der Waals surface area contributed by atoms with Crippen LogP contribution in [0.2, 0.25) is 0 Å². The Morgan fingerprint density at radius 1 is 1.14 bits per heavy atom. The number of nitrogens with zero attached hydrogens (tertiary/aromatic N) is 1. The van der Waals surface area contributed by atoms with Gasteiger partial charge in [-0.1, -0.05) is 30.3 Å². The van der Waals surface area contributed by atoms with Crippen molar-refractivity contribution in [1.29, 1.82) is 5.26 Å². The van der Waals surface area contributed by atoms with E-state index in [1.165, 1.54) is 35.2 Å². The van der Waals surface area contributed by atoms with Crippen LogP contribution >= 0.6 is 0 Å². The largest absolute Gasteiger partial charge is 0.291 e. The van der Waals surface area contributed by atoms with Crippen molar-refractivity contribution in [2.45, 2.75) is 39.2 Å². The summed E-state index contributed by atoms with van der Waals surface area (Å²) in [6.45, 7) is 2.84. The van der Waals surface area contributed by atoms with Gasteiger partial charge in [0.25, 0.3) is 5.82 Å². The molecule has 1 aliphatic rings. The van der Waals surface area contributed by atoms with Crippen molar-refractivity contribution in [2.24, 2.45) is 0 Å². The fraction of sp³-hybridized carbons (Fsp3) is 0.333. The van der Waals surface area contributed by atoms with E-state index in [9.17, 15) is 5.26 Å². The molecule has 0 atom stereocenters. The SMILES string of the molecule is Cc1[nH+]c(NCc2ccccc2)c(C#N)c2c1CCCC2. The number of fused-ring (bicyclic) bond motifs is 1. The van der Waals surface area contributed by atoms with Crippen LogP contribution in [0.1, 0.15) is 40.8 Å². The molecule has 1 aliphatic carbocycles. The van der Waals surface area contributed by atoms with Crippen LogP contribution in [0.4, 0.5) is 5.82 Å². The molecule has 3 heteroatoms. The highest BCUT2D eigenvalue weighted by atomic mass is 15.0. The van der Waals surface area contributed by atoms with E-state index < -0.39 is 0 Å². The van der Waals surface area contributed by atoms with E-state index in [0.717, 1.165) is 30.8 Å². The van der Waals surface area contributed by atoms with E-state index in [2.05, 4.69) is 35.4 Å². The lowest BCUT2D eigenvalue weighted by atomic mass is 9.88. The molecular weight excluding hydrogens is 258 g/mol. The fourth-order valence-corrected chi connectivity index (χ4v) is 3.11. The molecule has 106 valence electrons. The molecule has 1 aromatic heterocycles. The van der Waals surface area contributed by atoms with Gasteiger partial charge in [-0.2, -0.15) is 5.26 Å². The number of aromatic nitrogens is 1. The minimum absolute atomic E-state index is 0.726. The Balaban J connectivity index is 1.92. The van der Waals surface area contributed by atoms with Gasteiger partial charge in [-0.25, -0.2) is 4.98 Å². The maximum atomic E-state index is 9.55. The predicted octanol–water partition coefficient (Wildman–Crippen LogP) is 3.17. The van der Waals surface area contributed by atoms with Crippen molar-refractivity contribution >= 4 is 5.82 Å². The number of H-pyrrole nitrogens is 1. The molecule has 3 nitrogen and oxygen atoms in total. The number of hydrogen-bond acceptors (Lipinski definition) is 2. The smallest absolute Gasteiger partial charge is 0.269 e. The first kappa shape index (κ1) is 13.6. The Morgan fingerprint density at radius 2 is 1.86 bits per heavy atom. The molecule has 1 aromatic carbocycles. The zero-order valence-corrected chi connectivity index (χ0v) is 12.4. The number of aryl methyl sites for hydroxylation is 1. The number of anilines is 1. The molecule has 0 spiro atoms. The Morgan fingerprint density at radius 3 is 2.57 bits per heavy atom. The van der Waals surface area contributed by atoms with Crippen molar-refractivity contribution in [3.63, 3.8) is 0 Å². The van der Waals surface area contributed by atoms with Crippen molar-refractivity contribution in [3.8, 4) is 6.07 Å². The number of benzene rings is 1. The average Bonchev–Trinajstić information content (AvgIpc) is 2.54. The van der Waals surface area contributed by atoms with Crippen molar-refractivity contribution < 1.29 is 4.98 Å². The second kappa shape index (κ2) is 5.97. The number of hydrogen-bond donors (Lipinski definition) is 1. The van der Waals surface area contributed by atoms with Crippen LogP contribution in [-0.2, 0) is 19.4 Å². The monoisotopic (exact) mass is 278 g/mol. The summed E-state index contributed by atoms with van der Waals surface area (Å²) in [5, 5.41) is 12.9. The summed E-state index contributed by atoms with van der Waals surface area (Å²) >= 11 is 0. The lowest BCUT2D eigenvalue weighted by molar-refractivity contribution is -0.372. The minimum Gasteiger partial charge on any atom is -0.269 e. The van der Waals surface area contributed by atoms with Gasteiger partial charge in [-0.15, -0.1) is 0 Å². The van der Waals surface area contributed by atoms with Gasteiger partial charge in [0.15, 0.2) is 0 Å². The third-order valence-corrected chi connectivity index (χ3v) is 4.21. The Bertz CT molecular complexity index is 684. The van der Waals surface area contributed by atoms with Gasteiger partial charge < -0.3 is 0 Å². The molecule has 0 saturated carbocycles. The number of aromatic amines is 1. The van der Waals surface area contributed by atoms with Crippen LogP contribution in [0.3, 0.4) is 0 Å². The summed E-state index contributed by atoms with van der Waals surface area (Å²) in [5.41, 5.74) is 5.80. The van der Waals surface area contributed by atoms with Crippen molar-refractivity contribution in [2.75, 3.05) is 5.32 Å². The van der Waals surface area contributed by atoms with Gasteiger partial charge in [0.2, 0.25) is 0 Å². The van der Waals surface area contributed by atoms with E-state index in [0.29, 0.717) is 0 Å². The second-order valence-corrected chi connectivity index (χ2v) is 5.62. The molecule has 0 amide bonds. The van der Waals surface area contributed by atoms with Crippen LogP contribution < -0.4 is 10.3 Å². The zero-order chi connectivity index (χ0) is 14.7. The highest BCUT2D eigenvalue weighted by Crippen LogP contribution is 2.28. The van der Waals surface area contributed by atoms with Crippen LogP contribution in [0.25, 0.3) is 0 Å². The van der Waals surface area contributed by atoms with Crippen LogP contribution in [0.5, 0.6) is 0 Å². The van der Waals surface area contributed by atoms with Gasteiger partial charge in [0, 0.05) is 0 Å². The summed E-state index contributed by atoms with van der Waals surface area (Å²) in [4.78, 5) is 3.39. The van der Waals surface area contributed by atoms with Crippen LogP contribution in [0.15, 0.2) is 30.3 Å². The van der Waals surface area contributed by atoms with Gasteiger partial charge >= 0.3 is 0 Å². The topological polar surface area (TPSA) is 50.0 Å². The summed E-state index contributed by atoms with van der Waals surface area (Å²) in [6, 6.07) is 12.6. The molecule has 1 heterocycles. The number of rotatable bonds is 3. The molecule has 0 bridgehead atoms. The van der Waals surface area contributed by atoms with E-state index in [-0.39, 0.29) is 0 Å². The van der Waals surface area contributed by atoms with Gasteiger partial charge in [-0.05, 0) is 49.3 Å². The highest BCUT2D eigenvalue weighted by Gasteiger charge is 2.23.